The number of primary sulfonamides is 1. The first-order chi connectivity index (χ1) is 9.34. The Morgan fingerprint density at radius 3 is 2.70 bits per heavy atom. The predicted octanol–water partition coefficient (Wildman–Crippen LogP) is -0.369. The molecule has 1 aliphatic rings. The minimum Gasteiger partial charge on any atom is -0.397 e. The van der Waals surface area contributed by atoms with Gasteiger partial charge in [0.1, 0.15) is 6.04 Å². The molecule has 1 unspecified atom stereocenters. The Morgan fingerprint density at radius 2 is 2.15 bits per heavy atom. The van der Waals surface area contributed by atoms with Gasteiger partial charge in [-0.1, -0.05) is 6.92 Å². The van der Waals surface area contributed by atoms with E-state index in [4.69, 9.17) is 10.9 Å². The van der Waals surface area contributed by atoms with Crippen LogP contribution in [-0.2, 0) is 14.8 Å². The smallest absolute Gasteiger partial charge is 0.242 e. The zero-order valence-electron chi connectivity index (χ0n) is 11.2. The average molecular weight is 298 g/mol. The maximum absolute atomic E-state index is 11.8. The quantitative estimate of drug-likeness (QED) is 0.658. The van der Waals surface area contributed by atoms with Crippen LogP contribution in [0.2, 0.25) is 0 Å². The zero-order valence-corrected chi connectivity index (χ0v) is 12.0. The molecule has 1 saturated heterocycles. The van der Waals surface area contributed by atoms with Crippen LogP contribution < -0.4 is 21.1 Å². The summed E-state index contributed by atoms with van der Waals surface area (Å²) in [5.41, 5.74) is 6.87. The fourth-order valence-electron chi connectivity index (χ4n) is 2.38. The molecule has 1 aromatic carbocycles. The Kier molecular flexibility index (Phi) is 3.87. The van der Waals surface area contributed by atoms with Gasteiger partial charge in [0.2, 0.25) is 15.9 Å². The Hall–Kier alpha value is -1.80. The molecule has 5 N–H and O–H groups in total. The summed E-state index contributed by atoms with van der Waals surface area (Å²) >= 11 is 0. The summed E-state index contributed by atoms with van der Waals surface area (Å²) in [4.78, 5) is 13.7. The highest BCUT2D eigenvalue weighted by atomic mass is 32.2. The molecule has 2 rings (SSSR count). The standard InChI is InChI=1S/C12H18N4O3S/c1-2-10-12(17)15-5-6-16(10)11-4-3-8(7-9(11)13)20(14,18)19/h3-4,7,10H,2,5-6,13H2,1H3,(H,15,17)(H2,14,18,19). The minimum absolute atomic E-state index is 0.0340. The van der Waals surface area contributed by atoms with E-state index < -0.39 is 10.0 Å². The van der Waals surface area contributed by atoms with Crippen molar-refractivity contribution in [2.24, 2.45) is 5.14 Å². The summed E-state index contributed by atoms with van der Waals surface area (Å²) in [6.45, 7) is 3.08. The predicted molar refractivity (Wildman–Crippen MR) is 76.7 cm³/mol. The van der Waals surface area contributed by atoms with E-state index in [0.717, 1.165) is 0 Å². The van der Waals surface area contributed by atoms with Crippen molar-refractivity contribution >= 4 is 27.3 Å². The van der Waals surface area contributed by atoms with Gasteiger partial charge in [0.15, 0.2) is 0 Å². The van der Waals surface area contributed by atoms with E-state index in [1.807, 2.05) is 11.8 Å². The first kappa shape index (κ1) is 14.6. The van der Waals surface area contributed by atoms with Crippen LogP contribution in [0.15, 0.2) is 23.1 Å². The lowest BCUT2D eigenvalue weighted by Gasteiger charge is -2.37. The molecular weight excluding hydrogens is 280 g/mol. The Labute approximate surface area is 118 Å². The van der Waals surface area contributed by atoms with Crippen LogP contribution >= 0.6 is 0 Å². The number of carbonyl (C=O) groups excluding carboxylic acids is 1. The number of hydrogen-bond donors (Lipinski definition) is 3. The Balaban J connectivity index is 2.40. The van der Waals surface area contributed by atoms with Crippen molar-refractivity contribution in [2.75, 3.05) is 23.7 Å². The molecule has 0 spiro atoms. The fourth-order valence-corrected chi connectivity index (χ4v) is 2.93. The molecule has 20 heavy (non-hydrogen) atoms. The summed E-state index contributed by atoms with van der Waals surface area (Å²) in [5.74, 6) is -0.0475. The molecule has 8 heteroatoms. The van der Waals surface area contributed by atoms with Crippen LogP contribution in [0.4, 0.5) is 11.4 Å². The fraction of sp³-hybridized carbons (Fsp3) is 0.417. The maximum atomic E-state index is 11.8. The van der Waals surface area contributed by atoms with Crippen LogP contribution in [-0.4, -0.2) is 33.5 Å². The van der Waals surface area contributed by atoms with Gasteiger partial charge in [-0.25, -0.2) is 13.6 Å². The second-order valence-electron chi connectivity index (χ2n) is 4.67. The first-order valence-electron chi connectivity index (χ1n) is 6.31. The summed E-state index contributed by atoms with van der Waals surface area (Å²) in [6.07, 6.45) is 0.641. The normalized spacial score (nSPS) is 19.8. The van der Waals surface area contributed by atoms with Crippen LogP contribution in [0, 0.1) is 0 Å². The van der Waals surface area contributed by atoms with E-state index in [2.05, 4.69) is 5.32 Å². The molecule has 1 atom stereocenters. The third kappa shape index (κ3) is 2.70. The van der Waals surface area contributed by atoms with Crippen molar-refractivity contribution < 1.29 is 13.2 Å². The molecule has 0 saturated carbocycles. The van der Waals surface area contributed by atoms with Gasteiger partial charge >= 0.3 is 0 Å². The molecule has 0 aromatic heterocycles. The topological polar surface area (TPSA) is 119 Å². The largest absolute Gasteiger partial charge is 0.397 e. The number of piperazine rings is 1. The molecular formula is C12H18N4O3S. The van der Waals surface area contributed by atoms with Gasteiger partial charge in [-0.2, -0.15) is 0 Å². The lowest BCUT2D eigenvalue weighted by atomic mass is 10.1. The molecule has 1 amide bonds. The number of nitrogens with one attached hydrogen (secondary N) is 1. The summed E-state index contributed by atoms with van der Waals surface area (Å²) in [7, 11) is -3.78. The number of nitrogens with two attached hydrogens (primary N) is 2. The molecule has 1 aliphatic heterocycles. The number of amides is 1. The van der Waals surface area contributed by atoms with E-state index in [0.29, 0.717) is 30.9 Å². The van der Waals surface area contributed by atoms with Crippen molar-refractivity contribution in [2.45, 2.75) is 24.3 Å². The summed E-state index contributed by atoms with van der Waals surface area (Å²) < 4.78 is 22.6. The number of carbonyl (C=O) groups is 1. The van der Waals surface area contributed by atoms with E-state index in [1.165, 1.54) is 12.1 Å². The zero-order chi connectivity index (χ0) is 14.9. The lowest BCUT2D eigenvalue weighted by Crippen LogP contribution is -2.55. The molecule has 110 valence electrons. The van der Waals surface area contributed by atoms with E-state index >= 15 is 0 Å². The number of benzene rings is 1. The van der Waals surface area contributed by atoms with Gasteiger partial charge < -0.3 is 16.0 Å². The van der Waals surface area contributed by atoms with Crippen molar-refractivity contribution in [3.05, 3.63) is 18.2 Å². The highest BCUT2D eigenvalue weighted by Crippen LogP contribution is 2.29. The van der Waals surface area contributed by atoms with E-state index in [-0.39, 0.29) is 16.8 Å². The second kappa shape index (κ2) is 5.29. The number of nitrogen functional groups attached to an aromatic ring is 1. The van der Waals surface area contributed by atoms with E-state index in [9.17, 15) is 13.2 Å². The van der Waals surface area contributed by atoms with Crippen LogP contribution in [0.25, 0.3) is 0 Å². The lowest BCUT2D eigenvalue weighted by molar-refractivity contribution is -0.123. The number of nitrogens with zero attached hydrogens (tertiary/aromatic N) is 1. The molecule has 1 aromatic rings. The van der Waals surface area contributed by atoms with E-state index in [1.54, 1.807) is 6.07 Å². The Morgan fingerprint density at radius 1 is 1.45 bits per heavy atom. The highest BCUT2D eigenvalue weighted by Gasteiger charge is 2.29. The van der Waals surface area contributed by atoms with Crippen molar-refractivity contribution in [1.82, 2.24) is 5.32 Å². The SMILES string of the molecule is CCC1C(=O)NCCN1c1ccc(S(N)(=O)=O)cc1N. The van der Waals surface area contributed by atoms with Gasteiger partial charge in [0, 0.05) is 13.1 Å². The van der Waals surface area contributed by atoms with Crippen molar-refractivity contribution in [3.8, 4) is 0 Å². The number of sulfonamides is 1. The van der Waals surface area contributed by atoms with Crippen LogP contribution in [0.1, 0.15) is 13.3 Å². The van der Waals surface area contributed by atoms with Gasteiger partial charge in [-0.3, -0.25) is 4.79 Å². The molecule has 0 bridgehead atoms. The van der Waals surface area contributed by atoms with Gasteiger partial charge in [-0.15, -0.1) is 0 Å². The van der Waals surface area contributed by atoms with Gasteiger partial charge in [-0.05, 0) is 24.6 Å². The molecule has 0 radical (unpaired) electrons. The molecule has 1 fully saturated rings. The highest BCUT2D eigenvalue weighted by molar-refractivity contribution is 7.89. The van der Waals surface area contributed by atoms with Crippen LogP contribution in [0.3, 0.4) is 0 Å². The first-order valence-corrected chi connectivity index (χ1v) is 7.86. The van der Waals surface area contributed by atoms with Gasteiger partial charge in [0.05, 0.1) is 16.3 Å². The number of anilines is 2. The summed E-state index contributed by atoms with van der Waals surface area (Å²) in [5, 5.41) is 7.87. The summed E-state index contributed by atoms with van der Waals surface area (Å²) in [6, 6.07) is 4.02. The Bertz CT molecular complexity index is 630. The third-order valence-corrected chi connectivity index (χ3v) is 4.27. The minimum atomic E-state index is -3.78. The maximum Gasteiger partial charge on any atom is 0.242 e. The van der Waals surface area contributed by atoms with Crippen LogP contribution in [0.5, 0.6) is 0 Å². The third-order valence-electron chi connectivity index (χ3n) is 3.35. The van der Waals surface area contributed by atoms with Crippen molar-refractivity contribution in [1.29, 1.82) is 0 Å². The second-order valence-corrected chi connectivity index (χ2v) is 6.24. The van der Waals surface area contributed by atoms with Gasteiger partial charge in [0.25, 0.3) is 0 Å². The molecule has 7 nitrogen and oxygen atoms in total. The monoisotopic (exact) mass is 298 g/mol. The molecule has 0 aliphatic carbocycles. The average Bonchev–Trinajstić information content (AvgIpc) is 2.37. The number of rotatable bonds is 3. The number of hydrogen-bond acceptors (Lipinski definition) is 5. The molecule has 1 heterocycles. The van der Waals surface area contributed by atoms with Crippen molar-refractivity contribution in [3.63, 3.8) is 0 Å².